The number of nitrogens with one attached hydrogen (secondary N) is 1. The van der Waals surface area contributed by atoms with Crippen molar-refractivity contribution in [3.05, 3.63) is 29.7 Å². The number of hydrogen-bond donors (Lipinski definition) is 1. The number of aromatic nitrogens is 3. The lowest BCUT2D eigenvalue weighted by Crippen LogP contribution is -2.44. The molecule has 4 heterocycles. The molecule has 25 heavy (non-hydrogen) atoms. The molecule has 132 valence electrons. The third-order valence-electron chi connectivity index (χ3n) is 4.83. The van der Waals surface area contributed by atoms with E-state index in [0.717, 1.165) is 45.6 Å². The summed E-state index contributed by atoms with van der Waals surface area (Å²) in [6.07, 6.45) is 2.11. The normalized spacial score (nSPS) is 21.6. The Labute approximate surface area is 146 Å². The van der Waals surface area contributed by atoms with Crippen molar-refractivity contribution in [2.75, 3.05) is 39.8 Å². The number of pyridine rings is 1. The predicted octanol–water partition coefficient (Wildman–Crippen LogP) is 0.944. The molecule has 2 aromatic heterocycles. The zero-order valence-electron chi connectivity index (χ0n) is 14.3. The van der Waals surface area contributed by atoms with Gasteiger partial charge >= 0.3 is 0 Å². The fraction of sp³-hybridized carbons (Fsp3) is 0.529. The van der Waals surface area contributed by atoms with E-state index in [9.17, 15) is 4.79 Å². The second-order valence-electron chi connectivity index (χ2n) is 6.57. The van der Waals surface area contributed by atoms with Crippen molar-refractivity contribution < 1.29 is 9.32 Å². The fourth-order valence-electron chi connectivity index (χ4n) is 3.32. The summed E-state index contributed by atoms with van der Waals surface area (Å²) in [6.45, 7) is 4.29. The van der Waals surface area contributed by atoms with Crippen molar-refractivity contribution in [2.45, 2.75) is 18.9 Å². The predicted molar refractivity (Wildman–Crippen MR) is 90.9 cm³/mol. The maximum Gasteiger partial charge on any atom is 0.276 e. The van der Waals surface area contributed by atoms with E-state index in [-0.39, 0.29) is 11.9 Å². The molecule has 0 aromatic carbocycles. The van der Waals surface area contributed by atoms with Crippen LogP contribution in [0.15, 0.2) is 22.7 Å². The second-order valence-corrected chi connectivity index (χ2v) is 6.57. The average Bonchev–Trinajstić information content (AvgIpc) is 3.34. The van der Waals surface area contributed by atoms with E-state index < -0.39 is 0 Å². The van der Waals surface area contributed by atoms with Crippen LogP contribution in [0.1, 0.15) is 35.2 Å². The SMILES string of the molecule is CN1CCNCC1c1noc(-c2cccc(C(=O)N3CCCC3)n2)n1. The highest BCUT2D eigenvalue weighted by molar-refractivity contribution is 5.92. The molecule has 0 spiro atoms. The van der Waals surface area contributed by atoms with Gasteiger partial charge in [0, 0.05) is 32.7 Å². The summed E-state index contributed by atoms with van der Waals surface area (Å²) < 4.78 is 5.41. The van der Waals surface area contributed by atoms with Crippen molar-refractivity contribution in [3.8, 4) is 11.6 Å². The van der Waals surface area contributed by atoms with E-state index in [1.54, 1.807) is 12.1 Å². The minimum atomic E-state index is -0.0321. The van der Waals surface area contributed by atoms with Crippen molar-refractivity contribution in [1.29, 1.82) is 0 Å². The van der Waals surface area contributed by atoms with Crippen LogP contribution < -0.4 is 5.32 Å². The molecule has 1 unspecified atom stereocenters. The molecule has 0 saturated carbocycles. The molecule has 0 aliphatic carbocycles. The first-order valence-electron chi connectivity index (χ1n) is 8.73. The van der Waals surface area contributed by atoms with Gasteiger partial charge in [-0.25, -0.2) is 4.98 Å². The summed E-state index contributed by atoms with van der Waals surface area (Å²) in [5.41, 5.74) is 0.964. The Morgan fingerprint density at radius 1 is 1.24 bits per heavy atom. The Hall–Kier alpha value is -2.32. The largest absolute Gasteiger partial charge is 0.337 e. The van der Waals surface area contributed by atoms with Crippen LogP contribution in [0.25, 0.3) is 11.6 Å². The van der Waals surface area contributed by atoms with E-state index in [1.165, 1.54) is 0 Å². The molecule has 2 aromatic rings. The Morgan fingerprint density at radius 3 is 2.88 bits per heavy atom. The highest BCUT2D eigenvalue weighted by Crippen LogP contribution is 2.22. The lowest BCUT2D eigenvalue weighted by atomic mass is 10.2. The molecular weight excluding hydrogens is 320 g/mol. The average molecular weight is 342 g/mol. The first-order chi connectivity index (χ1) is 12.2. The molecule has 0 bridgehead atoms. The van der Waals surface area contributed by atoms with Gasteiger partial charge < -0.3 is 14.7 Å². The molecule has 2 saturated heterocycles. The highest BCUT2D eigenvalue weighted by Gasteiger charge is 2.26. The van der Waals surface area contributed by atoms with Gasteiger partial charge in [-0.05, 0) is 32.0 Å². The molecular formula is C17H22N6O2. The van der Waals surface area contributed by atoms with Gasteiger partial charge in [0.1, 0.15) is 11.4 Å². The molecule has 0 radical (unpaired) electrons. The Balaban J connectivity index is 1.56. The van der Waals surface area contributed by atoms with Crippen LogP contribution in [-0.2, 0) is 0 Å². The Bertz CT molecular complexity index is 755. The first-order valence-corrected chi connectivity index (χ1v) is 8.73. The van der Waals surface area contributed by atoms with E-state index in [1.807, 2.05) is 11.0 Å². The molecule has 2 fully saturated rings. The molecule has 1 atom stereocenters. The number of amides is 1. The van der Waals surface area contributed by atoms with Gasteiger partial charge in [0.25, 0.3) is 11.8 Å². The molecule has 2 aliphatic heterocycles. The molecule has 1 N–H and O–H groups in total. The van der Waals surface area contributed by atoms with E-state index in [2.05, 4.69) is 32.4 Å². The maximum atomic E-state index is 12.5. The van der Waals surface area contributed by atoms with Crippen LogP contribution in [0.3, 0.4) is 0 Å². The third kappa shape index (κ3) is 3.27. The highest BCUT2D eigenvalue weighted by atomic mass is 16.5. The quantitative estimate of drug-likeness (QED) is 0.888. The monoisotopic (exact) mass is 342 g/mol. The summed E-state index contributed by atoms with van der Waals surface area (Å²) in [5, 5.41) is 7.45. The van der Waals surface area contributed by atoms with Crippen LogP contribution >= 0.6 is 0 Å². The van der Waals surface area contributed by atoms with Crippen molar-refractivity contribution in [2.24, 2.45) is 0 Å². The van der Waals surface area contributed by atoms with Gasteiger partial charge in [-0.2, -0.15) is 4.98 Å². The smallest absolute Gasteiger partial charge is 0.276 e. The first kappa shape index (κ1) is 16.2. The van der Waals surface area contributed by atoms with Gasteiger partial charge in [-0.15, -0.1) is 0 Å². The summed E-state index contributed by atoms with van der Waals surface area (Å²) in [6, 6.07) is 5.42. The molecule has 2 aliphatic rings. The number of carbonyl (C=O) groups is 1. The Morgan fingerprint density at radius 2 is 2.08 bits per heavy atom. The van der Waals surface area contributed by atoms with Crippen LogP contribution in [0, 0.1) is 0 Å². The van der Waals surface area contributed by atoms with Crippen molar-refractivity contribution in [3.63, 3.8) is 0 Å². The zero-order valence-corrected chi connectivity index (χ0v) is 14.3. The van der Waals surface area contributed by atoms with Gasteiger partial charge in [0.2, 0.25) is 0 Å². The van der Waals surface area contributed by atoms with E-state index >= 15 is 0 Å². The Kier molecular flexibility index (Phi) is 4.46. The van der Waals surface area contributed by atoms with Gasteiger partial charge in [0.15, 0.2) is 5.82 Å². The summed E-state index contributed by atoms with van der Waals surface area (Å²) in [5.74, 6) is 0.961. The second kappa shape index (κ2) is 6.89. The zero-order chi connectivity index (χ0) is 17.2. The summed E-state index contributed by atoms with van der Waals surface area (Å²) >= 11 is 0. The molecule has 8 heteroatoms. The van der Waals surface area contributed by atoms with Gasteiger partial charge in [-0.1, -0.05) is 11.2 Å². The fourth-order valence-corrected chi connectivity index (χ4v) is 3.32. The summed E-state index contributed by atoms with van der Waals surface area (Å²) in [7, 11) is 2.05. The minimum absolute atomic E-state index is 0.0321. The van der Waals surface area contributed by atoms with Gasteiger partial charge in [0.05, 0.1) is 6.04 Å². The van der Waals surface area contributed by atoms with Crippen LogP contribution in [0.5, 0.6) is 0 Å². The topological polar surface area (TPSA) is 87.4 Å². The number of hydrogen-bond acceptors (Lipinski definition) is 7. The standard InChI is InChI=1S/C17H22N6O2/c1-22-10-7-18-11-14(22)15-20-16(25-21-15)12-5-4-6-13(19-12)17(24)23-8-2-3-9-23/h4-6,14,18H,2-3,7-11H2,1H3. The van der Waals surface area contributed by atoms with E-state index in [4.69, 9.17) is 4.52 Å². The number of rotatable bonds is 3. The lowest BCUT2D eigenvalue weighted by molar-refractivity contribution is 0.0787. The number of likely N-dealkylation sites (tertiary alicyclic amines) is 1. The number of carbonyl (C=O) groups excluding carboxylic acids is 1. The lowest BCUT2D eigenvalue weighted by Gasteiger charge is -2.30. The molecule has 4 rings (SSSR count). The maximum absolute atomic E-state index is 12.5. The van der Waals surface area contributed by atoms with Crippen molar-refractivity contribution >= 4 is 5.91 Å². The number of nitrogens with zero attached hydrogens (tertiary/aromatic N) is 5. The number of piperazine rings is 1. The van der Waals surface area contributed by atoms with Crippen LogP contribution in [0.2, 0.25) is 0 Å². The summed E-state index contributed by atoms with van der Waals surface area (Å²) in [4.78, 5) is 25.5. The minimum Gasteiger partial charge on any atom is -0.337 e. The van der Waals surface area contributed by atoms with Crippen LogP contribution in [-0.4, -0.2) is 70.6 Å². The molecule has 8 nitrogen and oxygen atoms in total. The van der Waals surface area contributed by atoms with E-state index in [0.29, 0.717) is 23.1 Å². The van der Waals surface area contributed by atoms with Gasteiger partial charge in [-0.3, -0.25) is 9.69 Å². The van der Waals surface area contributed by atoms with Crippen LogP contribution in [0.4, 0.5) is 0 Å². The van der Waals surface area contributed by atoms with Crippen molar-refractivity contribution in [1.82, 2.24) is 30.2 Å². The number of likely N-dealkylation sites (N-methyl/N-ethyl adjacent to an activating group) is 1. The molecule has 1 amide bonds. The third-order valence-corrected chi connectivity index (χ3v) is 4.83.